The standard InChI is InChI=1S/C12H12BrNOS/c1-8-7-16-12(11(8)13)15-10-4-2-9(6-14)3-5-10/h2-5,7H,6,14H2,1H3. The van der Waals surface area contributed by atoms with Gasteiger partial charge in [0.2, 0.25) is 0 Å². The second kappa shape index (κ2) is 4.99. The molecule has 0 aliphatic carbocycles. The molecule has 0 aliphatic heterocycles. The molecule has 0 saturated heterocycles. The van der Waals surface area contributed by atoms with E-state index in [0.29, 0.717) is 6.54 Å². The molecule has 0 fully saturated rings. The highest BCUT2D eigenvalue weighted by Gasteiger charge is 2.07. The summed E-state index contributed by atoms with van der Waals surface area (Å²) in [6.45, 7) is 2.60. The number of halogens is 1. The Kier molecular flexibility index (Phi) is 3.63. The normalized spacial score (nSPS) is 10.4. The van der Waals surface area contributed by atoms with Crippen molar-refractivity contribution in [1.82, 2.24) is 0 Å². The van der Waals surface area contributed by atoms with Crippen molar-refractivity contribution < 1.29 is 4.74 Å². The third kappa shape index (κ3) is 2.45. The SMILES string of the molecule is Cc1csc(Oc2ccc(CN)cc2)c1Br. The number of aryl methyl sites for hydroxylation is 1. The molecule has 2 N–H and O–H groups in total. The predicted octanol–water partition coefficient (Wildman–Crippen LogP) is 4.07. The Labute approximate surface area is 107 Å². The van der Waals surface area contributed by atoms with Crippen molar-refractivity contribution in [3.8, 4) is 10.8 Å². The van der Waals surface area contributed by atoms with E-state index in [-0.39, 0.29) is 0 Å². The van der Waals surface area contributed by atoms with Gasteiger partial charge in [-0.05, 0) is 51.5 Å². The summed E-state index contributed by atoms with van der Waals surface area (Å²) in [5.41, 5.74) is 7.83. The zero-order chi connectivity index (χ0) is 11.5. The molecule has 0 unspecified atom stereocenters. The maximum absolute atomic E-state index is 5.76. The van der Waals surface area contributed by atoms with Crippen LogP contribution in [0.25, 0.3) is 0 Å². The Morgan fingerprint density at radius 1 is 1.31 bits per heavy atom. The van der Waals surface area contributed by atoms with E-state index in [1.165, 1.54) is 5.56 Å². The number of nitrogens with two attached hydrogens (primary N) is 1. The van der Waals surface area contributed by atoms with Crippen molar-refractivity contribution in [3.63, 3.8) is 0 Å². The van der Waals surface area contributed by atoms with Gasteiger partial charge in [0.05, 0.1) is 4.47 Å². The van der Waals surface area contributed by atoms with Crippen LogP contribution in [-0.2, 0) is 6.54 Å². The molecule has 0 atom stereocenters. The van der Waals surface area contributed by atoms with Crippen LogP contribution in [0.1, 0.15) is 11.1 Å². The summed E-state index contributed by atoms with van der Waals surface area (Å²) in [4.78, 5) is 0. The molecule has 2 rings (SSSR count). The number of thiophene rings is 1. The first-order valence-corrected chi connectivity index (χ1v) is 6.58. The van der Waals surface area contributed by atoms with Crippen molar-refractivity contribution in [3.05, 3.63) is 45.2 Å². The fourth-order valence-corrected chi connectivity index (χ4v) is 2.71. The maximum atomic E-state index is 5.76. The van der Waals surface area contributed by atoms with Gasteiger partial charge in [0.25, 0.3) is 0 Å². The molecule has 16 heavy (non-hydrogen) atoms. The van der Waals surface area contributed by atoms with E-state index in [4.69, 9.17) is 10.5 Å². The van der Waals surface area contributed by atoms with Crippen molar-refractivity contribution in [2.75, 3.05) is 0 Å². The summed E-state index contributed by atoms with van der Waals surface area (Å²) in [6.07, 6.45) is 0. The number of hydrogen-bond donors (Lipinski definition) is 1. The molecule has 0 amide bonds. The van der Waals surface area contributed by atoms with Crippen LogP contribution in [0.4, 0.5) is 0 Å². The first-order valence-electron chi connectivity index (χ1n) is 4.91. The van der Waals surface area contributed by atoms with E-state index in [1.54, 1.807) is 11.3 Å². The molecule has 0 aliphatic rings. The number of benzene rings is 1. The van der Waals surface area contributed by atoms with Gasteiger partial charge in [-0.3, -0.25) is 0 Å². The molecule has 0 saturated carbocycles. The van der Waals surface area contributed by atoms with Gasteiger partial charge >= 0.3 is 0 Å². The zero-order valence-electron chi connectivity index (χ0n) is 8.87. The number of rotatable bonds is 3. The van der Waals surface area contributed by atoms with Gasteiger partial charge in [-0.2, -0.15) is 0 Å². The summed E-state index contributed by atoms with van der Waals surface area (Å²) in [7, 11) is 0. The molecule has 0 radical (unpaired) electrons. The van der Waals surface area contributed by atoms with Gasteiger partial charge in [-0.25, -0.2) is 0 Å². The van der Waals surface area contributed by atoms with Gasteiger partial charge in [-0.15, -0.1) is 11.3 Å². The minimum Gasteiger partial charge on any atom is -0.445 e. The summed E-state index contributed by atoms with van der Waals surface area (Å²) >= 11 is 5.09. The van der Waals surface area contributed by atoms with Gasteiger partial charge in [0.1, 0.15) is 5.75 Å². The van der Waals surface area contributed by atoms with E-state index in [2.05, 4.69) is 21.3 Å². The van der Waals surface area contributed by atoms with Crippen LogP contribution in [0.3, 0.4) is 0 Å². The smallest absolute Gasteiger partial charge is 0.195 e. The quantitative estimate of drug-likeness (QED) is 0.927. The molecule has 2 nitrogen and oxygen atoms in total. The minimum absolute atomic E-state index is 0.558. The number of ether oxygens (including phenoxy) is 1. The third-order valence-electron chi connectivity index (χ3n) is 2.24. The fraction of sp³-hybridized carbons (Fsp3) is 0.167. The third-order valence-corrected chi connectivity index (χ3v) is 4.46. The van der Waals surface area contributed by atoms with Crippen molar-refractivity contribution in [1.29, 1.82) is 0 Å². The lowest BCUT2D eigenvalue weighted by molar-refractivity contribution is 0.493. The van der Waals surface area contributed by atoms with Gasteiger partial charge in [0, 0.05) is 6.54 Å². The van der Waals surface area contributed by atoms with E-state index in [0.717, 1.165) is 20.8 Å². The van der Waals surface area contributed by atoms with Crippen LogP contribution in [0, 0.1) is 6.92 Å². The minimum atomic E-state index is 0.558. The molecule has 0 bridgehead atoms. The molecule has 1 aromatic carbocycles. The van der Waals surface area contributed by atoms with Crippen LogP contribution in [0.15, 0.2) is 34.1 Å². The Morgan fingerprint density at radius 2 is 2.00 bits per heavy atom. The highest BCUT2D eigenvalue weighted by molar-refractivity contribution is 9.10. The molecule has 4 heteroatoms. The van der Waals surface area contributed by atoms with Crippen LogP contribution >= 0.6 is 27.3 Å². The summed E-state index contributed by atoms with van der Waals surface area (Å²) in [5, 5.41) is 2.95. The highest BCUT2D eigenvalue weighted by Crippen LogP contribution is 2.37. The summed E-state index contributed by atoms with van der Waals surface area (Å²) < 4.78 is 6.79. The second-order valence-electron chi connectivity index (χ2n) is 3.47. The van der Waals surface area contributed by atoms with E-state index < -0.39 is 0 Å². The second-order valence-corrected chi connectivity index (χ2v) is 5.11. The monoisotopic (exact) mass is 297 g/mol. The topological polar surface area (TPSA) is 35.2 Å². The Morgan fingerprint density at radius 3 is 2.50 bits per heavy atom. The van der Waals surface area contributed by atoms with Gasteiger partial charge in [-0.1, -0.05) is 12.1 Å². The fourth-order valence-electron chi connectivity index (χ4n) is 1.28. The van der Waals surface area contributed by atoms with Gasteiger partial charge in [0.15, 0.2) is 5.06 Å². The van der Waals surface area contributed by atoms with Crippen LogP contribution in [0.5, 0.6) is 10.8 Å². The maximum Gasteiger partial charge on any atom is 0.195 e. The Balaban J connectivity index is 2.17. The Bertz CT molecular complexity index is 478. The van der Waals surface area contributed by atoms with E-state index in [9.17, 15) is 0 Å². The molecule has 0 spiro atoms. The first kappa shape index (κ1) is 11.6. The van der Waals surface area contributed by atoms with Crippen molar-refractivity contribution in [2.45, 2.75) is 13.5 Å². The van der Waals surface area contributed by atoms with E-state index in [1.807, 2.05) is 31.2 Å². The molecule has 84 valence electrons. The van der Waals surface area contributed by atoms with E-state index >= 15 is 0 Å². The molecule has 1 heterocycles. The molecule has 2 aromatic rings. The Hall–Kier alpha value is -0.840. The highest BCUT2D eigenvalue weighted by atomic mass is 79.9. The van der Waals surface area contributed by atoms with Crippen molar-refractivity contribution in [2.24, 2.45) is 5.73 Å². The van der Waals surface area contributed by atoms with Crippen LogP contribution in [0.2, 0.25) is 0 Å². The lowest BCUT2D eigenvalue weighted by atomic mass is 10.2. The average molecular weight is 298 g/mol. The molecular formula is C12H12BrNOS. The van der Waals surface area contributed by atoms with Crippen LogP contribution < -0.4 is 10.5 Å². The molecular weight excluding hydrogens is 286 g/mol. The lowest BCUT2D eigenvalue weighted by Crippen LogP contribution is -1.95. The summed E-state index contributed by atoms with van der Waals surface area (Å²) in [5.74, 6) is 0.833. The predicted molar refractivity (Wildman–Crippen MR) is 71.2 cm³/mol. The van der Waals surface area contributed by atoms with Gasteiger partial charge < -0.3 is 10.5 Å². The molecule has 1 aromatic heterocycles. The lowest BCUT2D eigenvalue weighted by Gasteiger charge is -2.04. The zero-order valence-corrected chi connectivity index (χ0v) is 11.3. The largest absolute Gasteiger partial charge is 0.445 e. The number of hydrogen-bond acceptors (Lipinski definition) is 3. The van der Waals surface area contributed by atoms with Crippen molar-refractivity contribution >= 4 is 27.3 Å². The summed E-state index contributed by atoms with van der Waals surface area (Å²) in [6, 6.07) is 7.82. The first-order chi connectivity index (χ1) is 7.70. The average Bonchev–Trinajstić information content (AvgIpc) is 2.62. The van der Waals surface area contributed by atoms with Crippen LogP contribution in [-0.4, -0.2) is 0 Å².